The molecule has 128 valence electrons. The predicted molar refractivity (Wildman–Crippen MR) is 109 cm³/mol. The Balaban J connectivity index is 1.55. The highest BCUT2D eigenvalue weighted by Gasteiger charge is 2.27. The van der Waals surface area contributed by atoms with E-state index in [1.807, 2.05) is 0 Å². The largest absolute Gasteiger partial charge is 0.493 e. The highest BCUT2D eigenvalue weighted by atomic mass is 32.2. The van der Waals surface area contributed by atoms with Gasteiger partial charge in [0.25, 0.3) is 0 Å². The van der Waals surface area contributed by atoms with Gasteiger partial charge in [-0.15, -0.1) is 0 Å². The molecule has 25 heavy (non-hydrogen) atoms. The summed E-state index contributed by atoms with van der Waals surface area (Å²) in [5, 5.41) is 2.66. The van der Waals surface area contributed by atoms with Crippen LogP contribution in [-0.2, 0) is 17.3 Å². The minimum atomic E-state index is 0.418. The summed E-state index contributed by atoms with van der Waals surface area (Å²) in [5.74, 6) is 3.74. The average molecular weight is 350 g/mol. The van der Waals surface area contributed by atoms with E-state index in [-0.39, 0.29) is 0 Å². The monoisotopic (exact) mass is 349 g/mol. The molecule has 1 saturated heterocycles. The van der Waals surface area contributed by atoms with Gasteiger partial charge >= 0.3 is 0 Å². The van der Waals surface area contributed by atoms with Crippen LogP contribution >= 0.6 is 0 Å². The number of hydrogen-bond acceptors (Lipinski definition) is 1. The molecule has 1 aliphatic heterocycles. The molecule has 1 nitrogen and oxygen atoms in total. The molecule has 1 fully saturated rings. The summed E-state index contributed by atoms with van der Waals surface area (Å²) in [6, 6.07) is 23.9. The molecule has 1 heterocycles. The van der Waals surface area contributed by atoms with Crippen molar-refractivity contribution in [3.63, 3.8) is 0 Å². The Hall–Kier alpha value is -1.93. The molecule has 3 aromatic carbocycles. The van der Waals surface area contributed by atoms with Crippen molar-refractivity contribution < 1.29 is 4.74 Å². The van der Waals surface area contributed by atoms with E-state index in [1.54, 1.807) is 4.90 Å². The molecule has 3 aromatic rings. The first-order valence-electron chi connectivity index (χ1n) is 9.28. The van der Waals surface area contributed by atoms with Crippen LogP contribution in [0.2, 0.25) is 0 Å². The van der Waals surface area contributed by atoms with Gasteiger partial charge in [0.15, 0.2) is 4.90 Å². The van der Waals surface area contributed by atoms with E-state index in [2.05, 4.69) is 66.7 Å². The Morgan fingerprint density at radius 1 is 0.720 bits per heavy atom. The molecule has 0 spiro atoms. The second kappa shape index (κ2) is 7.97. The van der Waals surface area contributed by atoms with Gasteiger partial charge in [-0.3, -0.25) is 0 Å². The van der Waals surface area contributed by atoms with Gasteiger partial charge in [-0.2, -0.15) is 0 Å². The van der Waals surface area contributed by atoms with Gasteiger partial charge < -0.3 is 4.74 Å². The Labute approximate surface area is 153 Å². The molecule has 0 aromatic heterocycles. The second-order valence-corrected chi connectivity index (χ2v) is 8.90. The lowest BCUT2D eigenvalue weighted by Gasteiger charge is -2.16. The Morgan fingerprint density at radius 2 is 1.44 bits per heavy atom. The molecule has 0 saturated carbocycles. The van der Waals surface area contributed by atoms with Crippen LogP contribution in [0.4, 0.5) is 0 Å². The van der Waals surface area contributed by atoms with Crippen LogP contribution < -0.4 is 4.74 Å². The molecule has 0 radical (unpaired) electrons. The fourth-order valence-corrected chi connectivity index (χ4v) is 6.09. The first-order valence-corrected chi connectivity index (χ1v) is 10.8. The summed E-state index contributed by atoms with van der Waals surface area (Å²) in [6.45, 7) is 0.721. The maximum absolute atomic E-state index is 6.17. The van der Waals surface area contributed by atoms with Crippen LogP contribution in [0, 0.1) is 0 Å². The summed E-state index contributed by atoms with van der Waals surface area (Å²) in [5.41, 5.74) is 1.33. The molecule has 0 bridgehead atoms. The number of benzene rings is 3. The van der Waals surface area contributed by atoms with Crippen molar-refractivity contribution in [2.75, 3.05) is 18.1 Å². The molecule has 1 aliphatic rings. The van der Waals surface area contributed by atoms with Gasteiger partial charge in [-0.25, -0.2) is 0 Å². The zero-order valence-electron chi connectivity index (χ0n) is 14.6. The summed E-state index contributed by atoms with van der Waals surface area (Å²) < 4.78 is 6.17. The molecule has 0 amide bonds. The third kappa shape index (κ3) is 3.85. The van der Waals surface area contributed by atoms with Gasteiger partial charge in [0.2, 0.25) is 0 Å². The third-order valence-electron chi connectivity index (χ3n) is 4.93. The number of fused-ring (bicyclic) bond motifs is 1. The third-order valence-corrected chi connectivity index (χ3v) is 7.47. The van der Waals surface area contributed by atoms with Gasteiger partial charge in [-0.05, 0) is 43.0 Å². The Bertz CT molecular complexity index is 822. The maximum atomic E-state index is 6.17. The summed E-state index contributed by atoms with van der Waals surface area (Å²) in [6.07, 6.45) is 5.11. The van der Waals surface area contributed by atoms with Crippen LogP contribution in [0.1, 0.15) is 24.8 Å². The first kappa shape index (κ1) is 16.5. The molecule has 2 heteroatoms. The van der Waals surface area contributed by atoms with Crippen molar-refractivity contribution in [1.29, 1.82) is 0 Å². The lowest BCUT2D eigenvalue weighted by Crippen LogP contribution is -2.18. The van der Waals surface area contributed by atoms with Crippen molar-refractivity contribution in [3.05, 3.63) is 72.3 Å². The zero-order valence-corrected chi connectivity index (χ0v) is 15.4. The van der Waals surface area contributed by atoms with E-state index in [9.17, 15) is 0 Å². The van der Waals surface area contributed by atoms with Crippen molar-refractivity contribution >= 4 is 21.7 Å². The molecule has 4 rings (SSSR count). The van der Waals surface area contributed by atoms with Gasteiger partial charge in [0.05, 0.1) is 6.61 Å². The van der Waals surface area contributed by atoms with Crippen LogP contribution in [0.15, 0.2) is 71.6 Å². The van der Waals surface area contributed by atoms with E-state index < -0.39 is 0 Å². The fraction of sp³-hybridized carbons (Fsp3) is 0.304. The molecule has 0 aliphatic carbocycles. The van der Waals surface area contributed by atoms with Crippen LogP contribution in [-0.4, -0.2) is 18.1 Å². The van der Waals surface area contributed by atoms with E-state index in [0.717, 1.165) is 18.8 Å². The summed E-state index contributed by atoms with van der Waals surface area (Å²) >= 11 is 0. The topological polar surface area (TPSA) is 9.23 Å². The molecule has 0 atom stereocenters. The molecular weight excluding hydrogens is 324 g/mol. The maximum Gasteiger partial charge on any atom is 0.162 e. The minimum Gasteiger partial charge on any atom is -0.493 e. The van der Waals surface area contributed by atoms with Crippen molar-refractivity contribution in [1.82, 2.24) is 0 Å². The van der Waals surface area contributed by atoms with E-state index in [0.29, 0.717) is 10.9 Å². The van der Waals surface area contributed by atoms with Crippen molar-refractivity contribution in [2.45, 2.75) is 30.6 Å². The Morgan fingerprint density at radius 3 is 2.24 bits per heavy atom. The fourth-order valence-electron chi connectivity index (χ4n) is 3.60. The smallest absolute Gasteiger partial charge is 0.162 e. The number of rotatable bonds is 5. The van der Waals surface area contributed by atoms with E-state index in [4.69, 9.17) is 4.74 Å². The quantitative estimate of drug-likeness (QED) is 0.543. The van der Waals surface area contributed by atoms with E-state index in [1.165, 1.54) is 47.1 Å². The minimum absolute atomic E-state index is 0.418. The Kier molecular flexibility index (Phi) is 5.27. The number of ether oxygens (including phenoxy) is 1. The van der Waals surface area contributed by atoms with Gasteiger partial charge in [0, 0.05) is 28.1 Å². The van der Waals surface area contributed by atoms with Crippen LogP contribution in [0.3, 0.4) is 0 Å². The average Bonchev–Trinajstić information content (AvgIpc) is 2.69. The molecule has 0 N–H and O–H groups in total. The lowest BCUT2D eigenvalue weighted by molar-refractivity contribution is 0.325. The van der Waals surface area contributed by atoms with Crippen molar-refractivity contribution in [2.24, 2.45) is 0 Å². The summed E-state index contributed by atoms with van der Waals surface area (Å²) in [7, 11) is 0.418. The van der Waals surface area contributed by atoms with Gasteiger partial charge in [-0.1, -0.05) is 48.5 Å². The van der Waals surface area contributed by atoms with Gasteiger partial charge in [0.1, 0.15) is 17.3 Å². The normalized spacial score (nSPS) is 15.4. The zero-order chi connectivity index (χ0) is 16.9. The number of hydrogen-bond donors (Lipinski definition) is 0. The van der Waals surface area contributed by atoms with Crippen molar-refractivity contribution in [3.8, 4) is 5.75 Å². The SMILES string of the molecule is c1ccc(CCOc2ccc([S+]3CCCCC3)c3ccccc23)cc1. The van der Waals surface area contributed by atoms with Crippen LogP contribution in [0.5, 0.6) is 5.75 Å². The molecular formula is C23H25OS+. The highest BCUT2D eigenvalue weighted by molar-refractivity contribution is 7.97. The second-order valence-electron chi connectivity index (χ2n) is 6.65. The standard InChI is InChI=1S/C23H25OS/c1-3-9-19(10-4-1)15-16-24-22-13-14-23(25-17-7-2-8-18-25)21-12-6-5-11-20(21)22/h1,3-6,9-14H,2,7-8,15-18H2/q+1. The predicted octanol–water partition coefficient (Wildman–Crippen LogP) is 5.62. The summed E-state index contributed by atoms with van der Waals surface area (Å²) in [4.78, 5) is 1.55. The molecule has 0 unspecified atom stereocenters. The lowest BCUT2D eigenvalue weighted by atomic mass is 10.1. The first-order chi connectivity index (χ1) is 12.4. The highest BCUT2D eigenvalue weighted by Crippen LogP contribution is 2.34. The van der Waals surface area contributed by atoms with Crippen LogP contribution in [0.25, 0.3) is 10.8 Å². The van der Waals surface area contributed by atoms with E-state index >= 15 is 0 Å².